The number of hydrogen-bond donors (Lipinski definition) is 0. The molecule has 0 radical (unpaired) electrons. The second kappa shape index (κ2) is 14.4. The molecule has 170 valence electrons. The van der Waals surface area contributed by atoms with Crippen LogP contribution in [0.4, 0.5) is 0 Å². The molecule has 0 aromatic carbocycles. The lowest BCUT2D eigenvalue weighted by Crippen LogP contribution is -2.52. The smallest absolute Gasteiger partial charge is 0.0789 e. The Bertz CT molecular complexity index is 338. The minimum atomic E-state index is -1.01. The van der Waals surface area contributed by atoms with Crippen molar-refractivity contribution in [3.8, 4) is 0 Å². The molecule has 0 atom stereocenters. The molecule has 0 amide bonds. The first-order chi connectivity index (χ1) is 12.6. The summed E-state index contributed by atoms with van der Waals surface area (Å²) in [4.78, 5) is 9.91. The summed E-state index contributed by atoms with van der Waals surface area (Å²) in [5.74, 6) is 2.33. The van der Waals surface area contributed by atoms with E-state index in [0.717, 1.165) is 23.7 Å². The Morgan fingerprint density at radius 2 is 0.821 bits per heavy atom. The molecule has 0 aliphatic carbocycles. The largest absolute Gasteiger partial charge is 0.550 e. The average molecular weight is 400 g/mol. The van der Waals surface area contributed by atoms with Crippen molar-refractivity contribution in [2.24, 2.45) is 29.1 Å². The highest BCUT2D eigenvalue weighted by Crippen LogP contribution is 2.21. The van der Waals surface area contributed by atoms with E-state index in [2.05, 4.69) is 55.4 Å². The number of nitrogens with zero attached hydrogens (tertiary/aromatic N) is 1. The highest BCUT2D eigenvalue weighted by atomic mass is 16.4. The summed E-state index contributed by atoms with van der Waals surface area (Å²) in [6.07, 6.45) is 5.53. The maximum Gasteiger partial charge on any atom is 0.0789 e. The Balaban J connectivity index is 0. The third kappa shape index (κ3) is 17.5. The summed E-state index contributed by atoms with van der Waals surface area (Å²) in [5, 5.41) is 9.91. The number of carbonyl (C=O) groups is 1. The van der Waals surface area contributed by atoms with E-state index in [-0.39, 0.29) is 0 Å². The van der Waals surface area contributed by atoms with E-state index in [1.807, 2.05) is 0 Å². The molecule has 0 aliphatic heterocycles. The van der Waals surface area contributed by atoms with Crippen molar-refractivity contribution in [2.45, 2.75) is 102 Å². The third-order valence-corrected chi connectivity index (χ3v) is 5.34. The number of carboxylic acid groups (broad SMARTS) is 1. The van der Waals surface area contributed by atoms with Crippen LogP contribution >= 0.6 is 0 Å². The zero-order valence-electron chi connectivity index (χ0n) is 21.2. The Morgan fingerprint density at radius 3 is 0.929 bits per heavy atom. The molecule has 0 saturated carbocycles. The van der Waals surface area contributed by atoms with E-state index in [1.165, 1.54) is 56.3 Å². The van der Waals surface area contributed by atoms with Gasteiger partial charge in [-0.1, -0.05) is 76.2 Å². The normalized spacial score (nSPS) is 12.7. The minimum absolute atomic E-state index is 0.694. The Hall–Kier alpha value is -0.570. The fraction of sp³-hybridized carbons (Fsp3) is 0.960. The summed E-state index contributed by atoms with van der Waals surface area (Å²) in [5.41, 5.74) is -0.694. The fourth-order valence-electron chi connectivity index (χ4n) is 2.80. The second-order valence-electron chi connectivity index (χ2n) is 11.5. The first-order valence-electron chi connectivity index (χ1n) is 11.7. The van der Waals surface area contributed by atoms with Crippen LogP contribution in [0.5, 0.6) is 0 Å². The van der Waals surface area contributed by atoms with Crippen LogP contribution in [0.2, 0.25) is 0 Å². The van der Waals surface area contributed by atoms with Crippen LogP contribution in [0, 0.1) is 29.1 Å². The lowest BCUT2D eigenvalue weighted by molar-refractivity contribution is -0.930. The van der Waals surface area contributed by atoms with Crippen molar-refractivity contribution in [3.63, 3.8) is 0 Å². The number of aliphatic carboxylic acids is 1. The zero-order chi connectivity index (χ0) is 22.5. The first-order valence-corrected chi connectivity index (χ1v) is 11.7. The van der Waals surface area contributed by atoms with Gasteiger partial charge in [0.25, 0.3) is 0 Å². The minimum Gasteiger partial charge on any atom is -0.550 e. The van der Waals surface area contributed by atoms with Gasteiger partial charge in [-0.3, -0.25) is 0 Å². The molecule has 0 heterocycles. The Kier molecular flexibility index (Phi) is 15.3. The van der Waals surface area contributed by atoms with Crippen LogP contribution in [0.25, 0.3) is 0 Å². The second-order valence-corrected chi connectivity index (χ2v) is 11.5. The lowest BCUT2D eigenvalue weighted by atomic mass is 9.98. The van der Waals surface area contributed by atoms with Crippen LogP contribution in [-0.2, 0) is 4.79 Å². The van der Waals surface area contributed by atoms with Gasteiger partial charge in [-0.2, -0.15) is 0 Å². The van der Waals surface area contributed by atoms with Crippen molar-refractivity contribution in [3.05, 3.63) is 0 Å². The molecule has 0 fully saturated rings. The van der Waals surface area contributed by atoms with Gasteiger partial charge in [0.1, 0.15) is 0 Å². The predicted molar refractivity (Wildman–Crippen MR) is 122 cm³/mol. The van der Waals surface area contributed by atoms with Gasteiger partial charge in [0.05, 0.1) is 26.2 Å². The topological polar surface area (TPSA) is 40.1 Å². The van der Waals surface area contributed by atoms with Crippen LogP contribution in [-0.4, -0.2) is 36.6 Å². The molecule has 0 bridgehead atoms. The van der Waals surface area contributed by atoms with Crippen molar-refractivity contribution in [2.75, 3.05) is 26.2 Å². The van der Waals surface area contributed by atoms with Gasteiger partial charge in [-0.25, -0.2) is 0 Å². The van der Waals surface area contributed by atoms with Gasteiger partial charge >= 0.3 is 0 Å². The molecular weight excluding hydrogens is 346 g/mol. The number of hydrogen-bond acceptors (Lipinski definition) is 2. The molecule has 0 aliphatic rings. The molecule has 0 unspecified atom stereocenters. The maximum atomic E-state index is 9.91. The number of rotatable bonds is 12. The van der Waals surface area contributed by atoms with Crippen molar-refractivity contribution in [1.29, 1.82) is 0 Å². The van der Waals surface area contributed by atoms with Crippen molar-refractivity contribution < 1.29 is 14.4 Å². The molecule has 0 aromatic heterocycles. The van der Waals surface area contributed by atoms with Gasteiger partial charge in [-0.15, -0.1) is 0 Å². The van der Waals surface area contributed by atoms with E-state index >= 15 is 0 Å². The highest BCUT2D eigenvalue weighted by molar-refractivity contribution is 5.70. The zero-order valence-corrected chi connectivity index (χ0v) is 21.2. The van der Waals surface area contributed by atoms with Gasteiger partial charge in [0.15, 0.2) is 0 Å². The average Bonchev–Trinajstić information content (AvgIpc) is 2.52. The summed E-state index contributed by atoms with van der Waals surface area (Å²) in [6.45, 7) is 29.4. The molecule has 3 nitrogen and oxygen atoms in total. The number of carbonyl (C=O) groups excluding carboxylic acids is 1. The molecule has 0 N–H and O–H groups in total. The molecule has 3 heteroatoms. The van der Waals surface area contributed by atoms with Crippen LogP contribution in [0.3, 0.4) is 0 Å². The Morgan fingerprint density at radius 1 is 0.643 bits per heavy atom. The van der Waals surface area contributed by atoms with Gasteiger partial charge in [-0.05, 0) is 49.4 Å². The molecular formula is C25H53NO2. The highest BCUT2D eigenvalue weighted by Gasteiger charge is 2.27. The number of carboxylic acids is 1. The first kappa shape index (κ1) is 29.6. The lowest BCUT2D eigenvalue weighted by Gasteiger charge is -2.41. The summed E-state index contributed by atoms with van der Waals surface area (Å²) in [7, 11) is 0. The third-order valence-electron chi connectivity index (χ3n) is 5.34. The fourth-order valence-corrected chi connectivity index (χ4v) is 2.80. The predicted octanol–water partition coefficient (Wildman–Crippen LogP) is 5.77. The summed E-state index contributed by atoms with van der Waals surface area (Å²) in [6, 6.07) is 0. The van der Waals surface area contributed by atoms with Crippen molar-refractivity contribution in [1.82, 2.24) is 0 Å². The van der Waals surface area contributed by atoms with Crippen LogP contribution in [0.15, 0.2) is 0 Å². The van der Waals surface area contributed by atoms with Crippen LogP contribution < -0.4 is 5.11 Å². The van der Waals surface area contributed by atoms with Crippen molar-refractivity contribution >= 4 is 5.97 Å². The van der Waals surface area contributed by atoms with E-state index < -0.39 is 11.4 Å². The van der Waals surface area contributed by atoms with E-state index in [9.17, 15) is 9.90 Å². The number of quaternary nitrogens is 1. The van der Waals surface area contributed by atoms with Gasteiger partial charge in [0.2, 0.25) is 0 Å². The van der Waals surface area contributed by atoms with Crippen LogP contribution in [0.1, 0.15) is 102 Å². The van der Waals surface area contributed by atoms with E-state index in [1.54, 1.807) is 20.8 Å². The maximum absolute atomic E-state index is 9.91. The van der Waals surface area contributed by atoms with E-state index in [0.29, 0.717) is 0 Å². The molecule has 0 saturated heterocycles. The molecule has 0 spiro atoms. The standard InChI is InChI=1S/C20H44N.C5H10O2/c1-17(2)9-13-21(14-10-18(3)4,15-11-19(5)6)16-12-20(7)8;1-5(2,3)4(6)7/h17-20H,9-16H2,1-8H3;1-3H3,(H,6,7)/q+1;/p-1. The molecule has 28 heavy (non-hydrogen) atoms. The van der Waals surface area contributed by atoms with Gasteiger partial charge in [0, 0.05) is 11.4 Å². The summed E-state index contributed by atoms with van der Waals surface area (Å²) < 4.78 is 1.38. The Labute approximate surface area is 177 Å². The summed E-state index contributed by atoms with van der Waals surface area (Å²) >= 11 is 0. The van der Waals surface area contributed by atoms with Gasteiger partial charge < -0.3 is 14.4 Å². The monoisotopic (exact) mass is 399 g/mol. The van der Waals surface area contributed by atoms with E-state index in [4.69, 9.17) is 0 Å². The SMILES string of the molecule is CC(C)(C)C(=O)[O-].CC(C)CC[N+](CCC(C)C)(CCC(C)C)CCC(C)C. The molecule has 0 aromatic rings. The quantitative estimate of drug-likeness (QED) is 0.391. The molecule has 0 rings (SSSR count).